The van der Waals surface area contributed by atoms with Crippen LogP contribution in [0, 0.1) is 13.8 Å². The van der Waals surface area contributed by atoms with E-state index in [1.54, 1.807) is 0 Å². The second-order valence-corrected chi connectivity index (χ2v) is 7.42. The van der Waals surface area contributed by atoms with Gasteiger partial charge in [-0.05, 0) is 45.2 Å². The summed E-state index contributed by atoms with van der Waals surface area (Å²) >= 11 is 2.16. The first-order chi connectivity index (χ1) is 9.69. The van der Waals surface area contributed by atoms with E-state index in [4.69, 9.17) is 0 Å². The molecule has 112 valence electrons. The molecule has 1 saturated carbocycles. The van der Waals surface area contributed by atoms with E-state index in [0.29, 0.717) is 0 Å². The maximum atomic E-state index is 3.76. The lowest BCUT2D eigenvalue weighted by Gasteiger charge is -2.32. The van der Waals surface area contributed by atoms with Crippen molar-refractivity contribution in [2.75, 3.05) is 6.54 Å². The molecular weight excluding hydrogens is 262 g/mol. The van der Waals surface area contributed by atoms with E-state index in [1.165, 1.54) is 55.3 Å². The number of thioether (sulfide) groups is 1. The minimum absolute atomic E-state index is 0.736. The van der Waals surface area contributed by atoms with E-state index >= 15 is 0 Å². The van der Waals surface area contributed by atoms with Crippen molar-refractivity contribution in [3.05, 3.63) is 34.9 Å². The molecule has 0 heterocycles. The molecule has 0 saturated heterocycles. The van der Waals surface area contributed by atoms with Crippen molar-refractivity contribution in [3.63, 3.8) is 0 Å². The van der Waals surface area contributed by atoms with Gasteiger partial charge in [-0.25, -0.2) is 0 Å². The lowest BCUT2D eigenvalue weighted by molar-refractivity contribution is 0.384. The molecule has 1 aromatic rings. The highest BCUT2D eigenvalue weighted by Gasteiger charge is 2.24. The minimum atomic E-state index is 0.736. The van der Waals surface area contributed by atoms with Crippen molar-refractivity contribution in [3.8, 4) is 0 Å². The Kier molecular flexibility index (Phi) is 6.44. The highest BCUT2D eigenvalue weighted by Crippen LogP contribution is 2.31. The summed E-state index contributed by atoms with van der Waals surface area (Å²) in [5, 5.41) is 4.56. The maximum absolute atomic E-state index is 3.76. The maximum Gasteiger partial charge on any atom is 0.0204 e. The topological polar surface area (TPSA) is 12.0 Å². The summed E-state index contributed by atoms with van der Waals surface area (Å²) in [6.45, 7) is 7.83. The van der Waals surface area contributed by atoms with Gasteiger partial charge in [0.1, 0.15) is 0 Å². The normalized spacial score (nSPS) is 22.9. The molecule has 20 heavy (non-hydrogen) atoms. The molecule has 1 N–H and O–H groups in total. The highest BCUT2D eigenvalue weighted by atomic mass is 32.2. The van der Waals surface area contributed by atoms with Crippen molar-refractivity contribution in [2.24, 2.45) is 0 Å². The Morgan fingerprint density at radius 1 is 1.10 bits per heavy atom. The Hall–Kier alpha value is -0.470. The largest absolute Gasteiger partial charge is 0.313 e. The molecule has 1 aliphatic rings. The molecule has 0 aromatic heterocycles. The summed E-state index contributed by atoms with van der Waals surface area (Å²) in [6.07, 6.45) is 6.81. The molecule has 0 amide bonds. The standard InChI is InChI=1S/C18H29NS/c1-4-9-19-17-7-5-6-8-18(17)20-13-16-11-14(2)10-15(3)12-16/h10-12,17-19H,4-9,13H2,1-3H3. The van der Waals surface area contributed by atoms with E-state index < -0.39 is 0 Å². The first kappa shape index (κ1) is 15.9. The van der Waals surface area contributed by atoms with Gasteiger partial charge in [0, 0.05) is 17.0 Å². The summed E-state index contributed by atoms with van der Waals surface area (Å²) in [5.74, 6) is 1.16. The lowest BCUT2D eigenvalue weighted by Crippen LogP contribution is -2.40. The molecule has 1 aromatic carbocycles. The van der Waals surface area contributed by atoms with Crippen LogP contribution in [-0.4, -0.2) is 17.8 Å². The van der Waals surface area contributed by atoms with E-state index in [2.05, 4.69) is 56.0 Å². The minimum Gasteiger partial charge on any atom is -0.313 e. The fourth-order valence-electron chi connectivity index (χ4n) is 3.22. The van der Waals surface area contributed by atoms with Gasteiger partial charge in [-0.2, -0.15) is 11.8 Å². The van der Waals surface area contributed by atoms with Crippen molar-refractivity contribution >= 4 is 11.8 Å². The van der Waals surface area contributed by atoms with Crippen molar-refractivity contribution in [2.45, 2.75) is 69.9 Å². The molecule has 1 aliphatic carbocycles. The van der Waals surface area contributed by atoms with Crippen LogP contribution in [0.15, 0.2) is 18.2 Å². The van der Waals surface area contributed by atoms with Crippen LogP contribution in [-0.2, 0) is 5.75 Å². The zero-order valence-electron chi connectivity index (χ0n) is 13.2. The molecule has 1 nitrogen and oxygen atoms in total. The number of rotatable bonds is 6. The average Bonchev–Trinajstić information content (AvgIpc) is 2.43. The van der Waals surface area contributed by atoms with E-state index in [-0.39, 0.29) is 0 Å². The lowest BCUT2D eigenvalue weighted by atomic mass is 9.95. The molecule has 0 radical (unpaired) electrons. The molecule has 0 bridgehead atoms. The molecular formula is C18H29NS. The molecule has 1 fully saturated rings. The third-order valence-electron chi connectivity index (χ3n) is 4.10. The Bertz CT molecular complexity index is 396. The summed E-state index contributed by atoms with van der Waals surface area (Å²) in [5.41, 5.74) is 4.28. The van der Waals surface area contributed by atoms with Crippen LogP contribution in [0.25, 0.3) is 0 Å². The first-order valence-electron chi connectivity index (χ1n) is 8.11. The van der Waals surface area contributed by atoms with Crippen LogP contribution in [0.4, 0.5) is 0 Å². The number of benzene rings is 1. The summed E-state index contributed by atoms with van der Waals surface area (Å²) < 4.78 is 0. The van der Waals surface area contributed by atoms with Gasteiger partial charge in [-0.3, -0.25) is 0 Å². The highest BCUT2D eigenvalue weighted by molar-refractivity contribution is 7.99. The van der Waals surface area contributed by atoms with E-state index in [1.807, 2.05) is 0 Å². The van der Waals surface area contributed by atoms with Crippen molar-refractivity contribution in [1.29, 1.82) is 0 Å². The first-order valence-corrected chi connectivity index (χ1v) is 9.16. The zero-order chi connectivity index (χ0) is 14.4. The Morgan fingerprint density at radius 2 is 1.80 bits per heavy atom. The van der Waals surface area contributed by atoms with Gasteiger partial charge >= 0.3 is 0 Å². The predicted molar refractivity (Wildman–Crippen MR) is 91.5 cm³/mol. The number of aryl methyl sites for hydroxylation is 2. The fourth-order valence-corrected chi connectivity index (χ4v) is 4.59. The van der Waals surface area contributed by atoms with Crippen LogP contribution in [0.1, 0.15) is 55.7 Å². The summed E-state index contributed by atoms with van der Waals surface area (Å²) in [6, 6.07) is 7.69. The average molecular weight is 292 g/mol. The monoisotopic (exact) mass is 291 g/mol. The molecule has 2 rings (SSSR count). The van der Waals surface area contributed by atoms with Gasteiger partial charge in [-0.1, -0.05) is 49.1 Å². The van der Waals surface area contributed by atoms with Crippen molar-refractivity contribution < 1.29 is 0 Å². The second kappa shape index (κ2) is 8.09. The van der Waals surface area contributed by atoms with Gasteiger partial charge in [0.15, 0.2) is 0 Å². The van der Waals surface area contributed by atoms with Crippen LogP contribution < -0.4 is 5.32 Å². The number of hydrogen-bond donors (Lipinski definition) is 1. The van der Waals surface area contributed by atoms with Crippen LogP contribution in [0.2, 0.25) is 0 Å². The zero-order valence-corrected chi connectivity index (χ0v) is 14.1. The van der Waals surface area contributed by atoms with Crippen molar-refractivity contribution in [1.82, 2.24) is 5.32 Å². The van der Waals surface area contributed by atoms with Crippen LogP contribution in [0.5, 0.6) is 0 Å². The second-order valence-electron chi connectivity index (χ2n) is 6.19. The predicted octanol–water partition coefficient (Wildman–Crippen LogP) is 4.85. The summed E-state index contributed by atoms with van der Waals surface area (Å²) in [7, 11) is 0. The number of nitrogens with one attached hydrogen (secondary N) is 1. The molecule has 0 aliphatic heterocycles. The smallest absolute Gasteiger partial charge is 0.0204 e. The van der Waals surface area contributed by atoms with Gasteiger partial charge in [-0.15, -0.1) is 0 Å². The molecule has 2 unspecified atom stereocenters. The SMILES string of the molecule is CCCNC1CCCCC1SCc1cc(C)cc(C)c1. The quantitative estimate of drug-likeness (QED) is 0.804. The van der Waals surface area contributed by atoms with Crippen LogP contribution >= 0.6 is 11.8 Å². The Balaban J connectivity index is 1.90. The van der Waals surface area contributed by atoms with Gasteiger partial charge in [0.05, 0.1) is 0 Å². The fraction of sp³-hybridized carbons (Fsp3) is 0.667. The molecule has 2 heteroatoms. The molecule has 2 atom stereocenters. The van der Waals surface area contributed by atoms with Crippen LogP contribution in [0.3, 0.4) is 0 Å². The van der Waals surface area contributed by atoms with Gasteiger partial charge in [0.2, 0.25) is 0 Å². The molecule has 0 spiro atoms. The number of hydrogen-bond acceptors (Lipinski definition) is 2. The van der Waals surface area contributed by atoms with Gasteiger partial charge < -0.3 is 5.32 Å². The Labute approximate surface area is 128 Å². The van der Waals surface area contributed by atoms with E-state index in [9.17, 15) is 0 Å². The summed E-state index contributed by atoms with van der Waals surface area (Å²) in [4.78, 5) is 0. The van der Waals surface area contributed by atoms with Gasteiger partial charge in [0.25, 0.3) is 0 Å². The Morgan fingerprint density at radius 3 is 2.50 bits per heavy atom. The third kappa shape index (κ3) is 4.82. The third-order valence-corrected chi connectivity index (χ3v) is 5.60. The van der Waals surface area contributed by atoms with E-state index in [0.717, 1.165) is 17.0 Å².